The van der Waals surface area contributed by atoms with Gasteiger partial charge in [0.15, 0.2) is 4.34 Å². The number of aliphatic hydroxyl groups is 1. The average molecular weight is 519 g/mol. The summed E-state index contributed by atoms with van der Waals surface area (Å²) in [5.74, 6) is -1.65. The minimum Gasteiger partial charge on any atom is -0.507 e. The molecule has 0 radical (unpaired) electrons. The first kappa shape index (κ1) is 23.8. The van der Waals surface area contributed by atoms with Crippen molar-refractivity contribution < 1.29 is 19.1 Å². The first-order valence-electron chi connectivity index (χ1n) is 10.9. The average Bonchev–Trinajstić information content (AvgIpc) is 3.46. The van der Waals surface area contributed by atoms with E-state index in [9.17, 15) is 19.1 Å². The van der Waals surface area contributed by atoms with Gasteiger partial charge in [-0.15, -0.1) is 10.2 Å². The van der Waals surface area contributed by atoms with E-state index in [2.05, 4.69) is 15.2 Å². The van der Waals surface area contributed by atoms with Gasteiger partial charge in [0.25, 0.3) is 5.78 Å². The van der Waals surface area contributed by atoms with Crippen molar-refractivity contribution in [3.8, 4) is 0 Å². The number of amides is 1. The Balaban J connectivity index is 1.51. The van der Waals surface area contributed by atoms with Gasteiger partial charge in [0.1, 0.15) is 11.6 Å². The predicted molar refractivity (Wildman–Crippen MR) is 136 cm³/mol. The summed E-state index contributed by atoms with van der Waals surface area (Å²) in [5.41, 5.74) is 2.86. The molecule has 1 aliphatic rings. The maximum atomic E-state index is 13.2. The Bertz CT molecular complexity index is 1450. The Morgan fingerprint density at radius 2 is 1.83 bits per heavy atom. The fourth-order valence-electron chi connectivity index (χ4n) is 3.83. The van der Waals surface area contributed by atoms with Gasteiger partial charge in [0.2, 0.25) is 5.13 Å². The van der Waals surface area contributed by atoms with Crippen LogP contribution in [0, 0.1) is 12.7 Å². The molecule has 0 saturated carbocycles. The molecule has 1 N–H and O–H groups in total. The number of ketones is 1. The fraction of sp³-hybridized carbons (Fsp3) is 0.115. The van der Waals surface area contributed by atoms with Crippen molar-refractivity contribution in [1.29, 1.82) is 0 Å². The van der Waals surface area contributed by atoms with Gasteiger partial charge in [-0.1, -0.05) is 71.1 Å². The number of aryl methyl sites for hydroxylation is 1. The molecule has 0 aliphatic carbocycles. The van der Waals surface area contributed by atoms with Crippen molar-refractivity contribution in [3.05, 3.63) is 107 Å². The molecule has 1 saturated heterocycles. The van der Waals surface area contributed by atoms with Crippen LogP contribution in [0.25, 0.3) is 5.76 Å². The van der Waals surface area contributed by atoms with Crippen molar-refractivity contribution in [2.24, 2.45) is 0 Å². The third kappa shape index (κ3) is 4.65. The van der Waals surface area contributed by atoms with Gasteiger partial charge in [0.05, 0.1) is 11.6 Å². The van der Waals surface area contributed by atoms with E-state index in [1.54, 1.807) is 48.8 Å². The van der Waals surface area contributed by atoms with E-state index in [-0.39, 0.29) is 22.3 Å². The SMILES string of the molecule is Cc1ccc(/C(O)=C2/C(=O)C(=O)N(c3nnc(SCc4ccc(F)cc4)s3)C2c2cccnc2)cc1. The maximum Gasteiger partial charge on any atom is 0.301 e. The lowest BCUT2D eigenvalue weighted by Crippen LogP contribution is -2.29. The number of benzene rings is 2. The number of aromatic nitrogens is 3. The zero-order valence-electron chi connectivity index (χ0n) is 19.0. The standard InChI is InChI=1S/C26H19FN4O3S2/c1-15-4-8-17(9-5-15)22(32)20-21(18-3-2-12-28-13-18)31(24(34)23(20)33)25-29-30-26(36-25)35-14-16-6-10-19(27)11-7-16/h2-13,21,32H,14H2,1H3/b22-20-. The molecule has 2 aromatic heterocycles. The van der Waals surface area contributed by atoms with Gasteiger partial charge < -0.3 is 5.11 Å². The van der Waals surface area contributed by atoms with E-state index in [0.29, 0.717) is 21.2 Å². The van der Waals surface area contributed by atoms with Gasteiger partial charge >= 0.3 is 5.91 Å². The summed E-state index contributed by atoms with van der Waals surface area (Å²) in [7, 11) is 0. The highest BCUT2D eigenvalue weighted by Gasteiger charge is 2.48. The molecule has 2 aromatic carbocycles. The van der Waals surface area contributed by atoms with Crippen LogP contribution in [0.5, 0.6) is 0 Å². The number of thioether (sulfide) groups is 1. The zero-order valence-corrected chi connectivity index (χ0v) is 20.6. The smallest absolute Gasteiger partial charge is 0.301 e. The van der Waals surface area contributed by atoms with Crippen molar-refractivity contribution in [3.63, 3.8) is 0 Å². The Hall–Kier alpha value is -3.89. The number of carbonyl (C=O) groups is 2. The van der Waals surface area contributed by atoms with Crippen LogP contribution in [0.2, 0.25) is 0 Å². The second-order valence-electron chi connectivity index (χ2n) is 8.09. The molecule has 7 nitrogen and oxygen atoms in total. The molecule has 1 amide bonds. The lowest BCUT2D eigenvalue weighted by molar-refractivity contribution is -0.132. The van der Waals surface area contributed by atoms with Crippen molar-refractivity contribution in [1.82, 2.24) is 15.2 Å². The van der Waals surface area contributed by atoms with Crippen LogP contribution in [0.1, 0.15) is 28.3 Å². The number of Topliss-reactive ketones (excluding diaryl/α,β-unsaturated/α-hetero) is 1. The van der Waals surface area contributed by atoms with E-state index in [1.807, 2.05) is 19.1 Å². The molecule has 180 valence electrons. The number of pyridine rings is 1. The largest absolute Gasteiger partial charge is 0.507 e. The highest BCUT2D eigenvalue weighted by Crippen LogP contribution is 2.43. The lowest BCUT2D eigenvalue weighted by Gasteiger charge is -2.22. The molecule has 10 heteroatoms. The second kappa shape index (κ2) is 10.00. The zero-order chi connectivity index (χ0) is 25.2. The van der Waals surface area contributed by atoms with Gasteiger partial charge in [-0.05, 0) is 36.2 Å². The molecule has 1 unspecified atom stereocenters. The number of aliphatic hydroxyl groups excluding tert-OH is 1. The third-order valence-corrected chi connectivity index (χ3v) is 7.77. The number of hydrogen-bond acceptors (Lipinski definition) is 8. The van der Waals surface area contributed by atoms with Crippen LogP contribution < -0.4 is 4.90 Å². The summed E-state index contributed by atoms with van der Waals surface area (Å²) in [5, 5.41) is 19.7. The number of carbonyl (C=O) groups excluding carboxylic acids is 2. The Kier molecular flexibility index (Phi) is 6.62. The van der Waals surface area contributed by atoms with Crippen LogP contribution in [0.15, 0.2) is 83.0 Å². The molecule has 1 atom stereocenters. The first-order chi connectivity index (χ1) is 17.4. The quantitative estimate of drug-likeness (QED) is 0.122. The second-order valence-corrected chi connectivity index (χ2v) is 10.3. The van der Waals surface area contributed by atoms with Crippen LogP contribution in [0.3, 0.4) is 0 Å². The topological polar surface area (TPSA) is 96.3 Å². The van der Waals surface area contributed by atoms with Crippen LogP contribution in [0.4, 0.5) is 9.52 Å². The molecular weight excluding hydrogens is 499 g/mol. The maximum absolute atomic E-state index is 13.2. The van der Waals surface area contributed by atoms with E-state index >= 15 is 0 Å². The minimum absolute atomic E-state index is 0.0347. The molecule has 36 heavy (non-hydrogen) atoms. The first-order valence-corrected chi connectivity index (χ1v) is 12.7. The molecule has 5 rings (SSSR count). The van der Waals surface area contributed by atoms with Gasteiger partial charge in [-0.2, -0.15) is 0 Å². The van der Waals surface area contributed by atoms with Gasteiger partial charge in [0, 0.05) is 23.7 Å². The third-order valence-electron chi connectivity index (χ3n) is 5.65. The molecule has 3 heterocycles. The molecule has 0 bridgehead atoms. The monoisotopic (exact) mass is 518 g/mol. The number of hydrogen-bond donors (Lipinski definition) is 1. The lowest BCUT2D eigenvalue weighted by atomic mass is 9.96. The van der Waals surface area contributed by atoms with Crippen molar-refractivity contribution in [2.45, 2.75) is 23.1 Å². The van der Waals surface area contributed by atoms with Gasteiger partial charge in [-0.25, -0.2) is 4.39 Å². The summed E-state index contributed by atoms with van der Waals surface area (Å²) in [6.07, 6.45) is 3.14. The van der Waals surface area contributed by atoms with Crippen molar-refractivity contribution >= 4 is 45.7 Å². The van der Waals surface area contributed by atoms with Crippen LogP contribution in [-0.4, -0.2) is 32.0 Å². The summed E-state index contributed by atoms with van der Waals surface area (Å²) in [6.45, 7) is 1.92. The summed E-state index contributed by atoms with van der Waals surface area (Å²) in [6, 6.07) is 15.7. The summed E-state index contributed by atoms with van der Waals surface area (Å²) in [4.78, 5) is 31.8. The Morgan fingerprint density at radius 3 is 2.53 bits per heavy atom. The summed E-state index contributed by atoms with van der Waals surface area (Å²) >= 11 is 2.55. The number of halogens is 1. The Morgan fingerprint density at radius 1 is 1.08 bits per heavy atom. The van der Waals surface area contributed by atoms with Crippen LogP contribution in [-0.2, 0) is 15.3 Å². The molecular formula is C26H19FN4O3S2. The van der Waals surface area contributed by atoms with E-state index < -0.39 is 17.7 Å². The van der Waals surface area contributed by atoms with Crippen molar-refractivity contribution in [2.75, 3.05) is 4.90 Å². The number of nitrogens with zero attached hydrogens (tertiary/aromatic N) is 4. The van der Waals surface area contributed by atoms with E-state index in [4.69, 9.17) is 0 Å². The van der Waals surface area contributed by atoms with Gasteiger partial charge in [-0.3, -0.25) is 19.5 Å². The molecule has 1 fully saturated rings. The van der Waals surface area contributed by atoms with E-state index in [0.717, 1.165) is 22.5 Å². The fourth-order valence-corrected chi connectivity index (χ4v) is 5.66. The predicted octanol–water partition coefficient (Wildman–Crippen LogP) is 5.30. The van der Waals surface area contributed by atoms with Crippen LogP contribution >= 0.6 is 23.1 Å². The highest BCUT2D eigenvalue weighted by molar-refractivity contribution is 8.00. The van der Waals surface area contributed by atoms with E-state index in [1.165, 1.54) is 28.8 Å². The highest BCUT2D eigenvalue weighted by atomic mass is 32.2. The normalized spacial score (nSPS) is 17.1. The molecule has 1 aliphatic heterocycles. The molecule has 0 spiro atoms. The Labute approximate surface area is 214 Å². The minimum atomic E-state index is -0.914. The summed E-state index contributed by atoms with van der Waals surface area (Å²) < 4.78 is 13.8. The number of anilines is 1. The molecule has 4 aromatic rings. The number of rotatable bonds is 6.